The van der Waals surface area contributed by atoms with Gasteiger partial charge in [-0.25, -0.2) is 0 Å². The van der Waals surface area contributed by atoms with Crippen molar-refractivity contribution in [2.45, 2.75) is 13.3 Å². The molecule has 0 spiro atoms. The molecule has 2 rings (SSSR count). The second kappa shape index (κ2) is 4.06. The summed E-state index contributed by atoms with van der Waals surface area (Å²) in [7, 11) is 0. The molecule has 0 aromatic heterocycles. The van der Waals surface area contributed by atoms with Crippen molar-refractivity contribution in [3.05, 3.63) is 29.3 Å². The summed E-state index contributed by atoms with van der Waals surface area (Å²) in [6.45, 7) is 2.93. The molecular formula is C12H14N2O2. The van der Waals surface area contributed by atoms with Crippen LogP contribution in [0.1, 0.15) is 22.3 Å². The Morgan fingerprint density at radius 2 is 2.06 bits per heavy atom. The lowest BCUT2D eigenvalue weighted by Gasteiger charge is -2.17. The number of para-hydroxylation sites is 1. The van der Waals surface area contributed by atoms with Crippen LogP contribution in [0.5, 0.6) is 0 Å². The fourth-order valence-electron chi connectivity index (χ4n) is 2.00. The average molecular weight is 218 g/mol. The topological polar surface area (TPSA) is 63.4 Å². The molecule has 4 nitrogen and oxygen atoms in total. The number of amides is 1. The van der Waals surface area contributed by atoms with Crippen LogP contribution in [-0.4, -0.2) is 24.8 Å². The van der Waals surface area contributed by atoms with Gasteiger partial charge in [0.1, 0.15) is 0 Å². The summed E-state index contributed by atoms with van der Waals surface area (Å²) in [6, 6.07) is 5.40. The van der Waals surface area contributed by atoms with Gasteiger partial charge < -0.3 is 10.6 Å². The summed E-state index contributed by atoms with van der Waals surface area (Å²) in [4.78, 5) is 25.0. The zero-order valence-electron chi connectivity index (χ0n) is 9.19. The molecular weight excluding hydrogens is 204 g/mol. The fourth-order valence-corrected chi connectivity index (χ4v) is 2.00. The SMILES string of the molecule is Cc1cccc2c1N(CCCN)C(=O)C2=O. The van der Waals surface area contributed by atoms with Gasteiger partial charge in [-0.15, -0.1) is 0 Å². The Kier molecular flexibility index (Phi) is 2.75. The molecule has 84 valence electrons. The molecule has 0 radical (unpaired) electrons. The van der Waals surface area contributed by atoms with Crippen molar-refractivity contribution >= 4 is 17.4 Å². The van der Waals surface area contributed by atoms with Gasteiger partial charge in [-0.1, -0.05) is 12.1 Å². The number of benzene rings is 1. The minimum absolute atomic E-state index is 0.407. The number of fused-ring (bicyclic) bond motifs is 1. The molecule has 1 aromatic rings. The largest absolute Gasteiger partial charge is 0.330 e. The maximum absolute atomic E-state index is 11.8. The van der Waals surface area contributed by atoms with Crippen molar-refractivity contribution in [1.82, 2.24) is 0 Å². The summed E-state index contributed by atoms with van der Waals surface area (Å²) in [5.74, 6) is -0.839. The number of anilines is 1. The summed E-state index contributed by atoms with van der Waals surface area (Å²) >= 11 is 0. The van der Waals surface area contributed by atoms with E-state index in [4.69, 9.17) is 5.73 Å². The van der Waals surface area contributed by atoms with Crippen LogP contribution in [0.15, 0.2) is 18.2 Å². The zero-order valence-corrected chi connectivity index (χ0v) is 9.19. The Hall–Kier alpha value is -1.68. The molecule has 0 fully saturated rings. The van der Waals surface area contributed by atoms with Crippen molar-refractivity contribution in [2.24, 2.45) is 5.73 Å². The molecule has 2 N–H and O–H groups in total. The van der Waals surface area contributed by atoms with Crippen LogP contribution < -0.4 is 10.6 Å². The summed E-state index contributed by atoms with van der Waals surface area (Å²) in [5.41, 5.74) is 7.65. The van der Waals surface area contributed by atoms with Gasteiger partial charge in [-0.05, 0) is 31.5 Å². The Morgan fingerprint density at radius 3 is 2.75 bits per heavy atom. The van der Waals surface area contributed by atoms with Gasteiger partial charge in [0, 0.05) is 6.54 Å². The van der Waals surface area contributed by atoms with E-state index < -0.39 is 11.7 Å². The Balaban J connectivity index is 2.43. The van der Waals surface area contributed by atoms with E-state index in [0.717, 1.165) is 11.3 Å². The number of nitrogens with two attached hydrogens (primary N) is 1. The molecule has 1 aliphatic rings. The lowest BCUT2D eigenvalue weighted by molar-refractivity contribution is -0.114. The lowest BCUT2D eigenvalue weighted by atomic mass is 10.1. The van der Waals surface area contributed by atoms with Gasteiger partial charge in [0.25, 0.3) is 11.7 Å². The number of hydrogen-bond acceptors (Lipinski definition) is 3. The van der Waals surface area contributed by atoms with E-state index in [1.165, 1.54) is 0 Å². The van der Waals surface area contributed by atoms with Crippen LogP contribution in [0.25, 0.3) is 0 Å². The van der Waals surface area contributed by atoms with Crippen LogP contribution in [0, 0.1) is 6.92 Å². The highest BCUT2D eigenvalue weighted by Crippen LogP contribution is 2.31. The molecule has 0 atom stereocenters. The van der Waals surface area contributed by atoms with Gasteiger partial charge >= 0.3 is 0 Å². The van der Waals surface area contributed by atoms with Gasteiger partial charge in [-0.2, -0.15) is 0 Å². The van der Waals surface area contributed by atoms with E-state index in [1.54, 1.807) is 17.0 Å². The third kappa shape index (κ3) is 1.51. The van der Waals surface area contributed by atoms with E-state index in [-0.39, 0.29) is 0 Å². The Morgan fingerprint density at radius 1 is 1.31 bits per heavy atom. The number of ketones is 1. The van der Waals surface area contributed by atoms with Crippen LogP contribution >= 0.6 is 0 Å². The van der Waals surface area contributed by atoms with Gasteiger partial charge in [0.2, 0.25) is 0 Å². The number of Topliss-reactive ketones (excluding diaryl/α,β-unsaturated/α-hetero) is 1. The minimum Gasteiger partial charge on any atom is -0.330 e. The number of carbonyl (C=O) groups excluding carboxylic acids is 2. The second-order valence-electron chi connectivity index (χ2n) is 3.90. The molecule has 1 heterocycles. The standard InChI is InChI=1S/C12H14N2O2/c1-8-4-2-5-9-10(8)14(7-3-6-13)12(16)11(9)15/h2,4-5H,3,6-7,13H2,1H3. The van der Waals surface area contributed by atoms with Crippen molar-refractivity contribution in [1.29, 1.82) is 0 Å². The molecule has 0 unspecified atom stereocenters. The predicted molar refractivity (Wildman–Crippen MR) is 61.5 cm³/mol. The third-order valence-electron chi connectivity index (χ3n) is 2.78. The molecule has 1 aromatic carbocycles. The molecule has 16 heavy (non-hydrogen) atoms. The normalized spacial score (nSPS) is 14.5. The third-order valence-corrected chi connectivity index (χ3v) is 2.78. The quantitative estimate of drug-likeness (QED) is 0.766. The first-order valence-corrected chi connectivity index (χ1v) is 5.32. The predicted octanol–water partition coefficient (Wildman–Crippen LogP) is 0.873. The van der Waals surface area contributed by atoms with Crippen molar-refractivity contribution in [2.75, 3.05) is 18.0 Å². The van der Waals surface area contributed by atoms with E-state index >= 15 is 0 Å². The van der Waals surface area contributed by atoms with Gasteiger partial charge in [0.15, 0.2) is 0 Å². The van der Waals surface area contributed by atoms with Crippen LogP contribution in [0.2, 0.25) is 0 Å². The molecule has 0 bridgehead atoms. The van der Waals surface area contributed by atoms with E-state index in [1.807, 2.05) is 13.0 Å². The maximum Gasteiger partial charge on any atom is 0.299 e. The van der Waals surface area contributed by atoms with Crippen LogP contribution in [-0.2, 0) is 4.79 Å². The van der Waals surface area contributed by atoms with E-state index in [9.17, 15) is 9.59 Å². The van der Waals surface area contributed by atoms with Gasteiger partial charge in [-0.3, -0.25) is 9.59 Å². The average Bonchev–Trinajstić information content (AvgIpc) is 2.52. The molecule has 1 amide bonds. The highest BCUT2D eigenvalue weighted by molar-refractivity contribution is 6.52. The van der Waals surface area contributed by atoms with Crippen molar-refractivity contribution in [3.63, 3.8) is 0 Å². The first kappa shape index (κ1) is 10.8. The smallest absolute Gasteiger partial charge is 0.299 e. The molecule has 4 heteroatoms. The molecule has 0 saturated heterocycles. The van der Waals surface area contributed by atoms with Crippen LogP contribution in [0.3, 0.4) is 0 Å². The lowest BCUT2D eigenvalue weighted by Crippen LogP contribution is -2.32. The highest BCUT2D eigenvalue weighted by atomic mass is 16.2. The van der Waals surface area contributed by atoms with E-state index in [0.29, 0.717) is 25.1 Å². The number of nitrogens with zero attached hydrogens (tertiary/aromatic N) is 1. The molecule has 0 aliphatic carbocycles. The first-order chi connectivity index (χ1) is 7.66. The monoisotopic (exact) mass is 218 g/mol. The summed E-state index contributed by atoms with van der Waals surface area (Å²) in [6.07, 6.45) is 0.701. The Labute approximate surface area is 94.0 Å². The Bertz CT molecular complexity index is 454. The molecule has 1 aliphatic heterocycles. The summed E-state index contributed by atoms with van der Waals surface area (Å²) < 4.78 is 0. The van der Waals surface area contributed by atoms with Gasteiger partial charge in [0.05, 0.1) is 11.3 Å². The van der Waals surface area contributed by atoms with Crippen LogP contribution in [0.4, 0.5) is 5.69 Å². The molecule has 0 saturated carbocycles. The first-order valence-electron chi connectivity index (χ1n) is 5.32. The number of carbonyl (C=O) groups is 2. The van der Waals surface area contributed by atoms with Crippen molar-refractivity contribution in [3.8, 4) is 0 Å². The zero-order chi connectivity index (χ0) is 11.7. The number of aryl methyl sites for hydroxylation is 1. The highest BCUT2D eigenvalue weighted by Gasteiger charge is 2.35. The maximum atomic E-state index is 11.8. The van der Waals surface area contributed by atoms with Crippen molar-refractivity contribution < 1.29 is 9.59 Å². The number of hydrogen-bond donors (Lipinski definition) is 1. The van der Waals surface area contributed by atoms with E-state index in [2.05, 4.69) is 0 Å². The minimum atomic E-state index is -0.433. The number of rotatable bonds is 3. The second-order valence-corrected chi connectivity index (χ2v) is 3.90. The fraction of sp³-hybridized carbons (Fsp3) is 0.333. The summed E-state index contributed by atoms with van der Waals surface area (Å²) in [5, 5.41) is 0.